The van der Waals surface area contributed by atoms with Crippen LogP contribution in [0.4, 0.5) is 0 Å². The number of rotatable bonds is 0. The number of nitrogens with two attached hydrogens (primary N) is 2. The monoisotopic (exact) mass is 160 g/mol. The van der Waals surface area contributed by atoms with Gasteiger partial charge in [0.2, 0.25) is 0 Å². The number of hydrogen-bond donors (Lipinski definition) is 2. The minimum atomic E-state index is 0.000000000000000222. The second-order valence-electron chi connectivity index (χ2n) is 1.90. The first-order chi connectivity index (χ1) is 4.63. The van der Waals surface area contributed by atoms with Crippen LogP contribution in [0.3, 0.4) is 0 Å². The molecule has 0 radical (unpaired) electrons. The molecule has 10 heavy (non-hydrogen) atoms. The van der Waals surface area contributed by atoms with Crippen LogP contribution in [0.2, 0.25) is 0 Å². The lowest BCUT2D eigenvalue weighted by Crippen LogP contribution is -2.18. The van der Waals surface area contributed by atoms with E-state index in [-0.39, 0.29) is 5.11 Å². The van der Waals surface area contributed by atoms with E-state index in [1.54, 1.807) is 0 Å². The van der Waals surface area contributed by atoms with Crippen molar-refractivity contribution in [3.05, 3.63) is 0 Å². The molecule has 0 bridgehead atoms. The first kappa shape index (κ1) is 9.16. The Morgan fingerprint density at radius 2 is 2.20 bits per heavy atom. The minimum absolute atomic E-state index is 0.000000000000000222. The Morgan fingerprint density at radius 3 is 2.30 bits per heavy atom. The van der Waals surface area contributed by atoms with Gasteiger partial charge in [0, 0.05) is 13.6 Å². The van der Waals surface area contributed by atoms with Crippen LogP contribution >= 0.6 is 12.2 Å². The van der Waals surface area contributed by atoms with Crippen LogP contribution < -0.4 is 11.5 Å². The summed E-state index contributed by atoms with van der Waals surface area (Å²) >= 11 is 4.09. The molecule has 0 saturated heterocycles. The summed E-state index contributed by atoms with van der Waals surface area (Å²) < 4.78 is 0. The quantitative estimate of drug-likeness (QED) is 0.453. The topological polar surface area (TPSA) is 67.6 Å². The lowest BCUT2D eigenvalue weighted by atomic mass is 10.6. The van der Waals surface area contributed by atoms with E-state index in [1.165, 1.54) is 0 Å². The molecule has 0 fully saturated rings. The van der Waals surface area contributed by atoms with Crippen LogP contribution in [0, 0.1) is 0 Å². The summed E-state index contributed by atoms with van der Waals surface area (Å²) in [4.78, 5) is 6.03. The molecule has 0 aromatic heterocycles. The fourth-order valence-electron chi connectivity index (χ4n) is 0.470. The summed E-state index contributed by atoms with van der Waals surface area (Å²) in [6, 6.07) is 0. The van der Waals surface area contributed by atoms with E-state index >= 15 is 0 Å². The van der Waals surface area contributed by atoms with Crippen LogP contribution in [0.25, 0.3) is 0 Å². The molecule has 0 atom stereocenters. The van der Waals surface area contributed by atoms with Crippen molar-refractivity contribution >= 4 is 23.7 Å². The Balaban J connectivity index is 0.000000180. The Bertz CT molecular complexity index is 130. The Morgan fingerprint density at radius 1 is 1.70 bits per heavy atom. The van der Waals surface area contributed by atoms with Crippen molar-refractivity contribution in [1.82, 2.24) is 4.90 Å². The van der Waals surface area contributed by atoms with E-state index in [0.29, 0.717) is 0 Å². The normalized spacial score (nSPS) is 14.3. The molecule has 0 spiro atoms. The molecular weight excluding hydrogens is 148 g/mol. The van der Waals surface area contributed by atoms with Crippen LogP contribution in [0.1, 0.15) is 0 Å². The third kappa shape index (κ3) is 7.16. The fraction of sp³-hybridized carbons (Fsp3) is 0.600. The van der Waals surface area contributed by atoms with Crippen molar-refractivity contribution in [1.29, 1.82) is 0 Å². The minimum Gasteiger partial charge on any atom is -0.377 e. The van der Waals surface area contributed by atoms with Gasteiger partial charge in [0.1, 0.15) is 0 Å². The van der Waals surface area contributed by atoms with E-state index < -0.39 is 0 Å². The molecule has 4 N–H and O–H groups in total. The van der Waals surface area contributed by atoms with Crippen molar-refractivity contribution in [2.75, 3.05) is 20.1 Å². The maximum absolute atomic E-state index is 4.62. The Hall–Kier alpha value is -0.840. The van der Waals surface area contributed by atoms with Crippen LogP contribution in [0.15, 0.2) is 4.99 Å². The van der Waals surface area contributed by atoms with Crippen molar-refractivity contribution in [3.63, 3.8) is 0 Å². The fourth-order valence-corrected chi connectivity index (χ4v) is 0.470. The van der Waals surface area contributed by atoms with Gasteiger partial charge in [-0.15, -0.1) is 0 Å². The zero-order valence-corrected chi connectivity index (χ0v) is 6.77. The van der Waals surface area contributed by atoms with E-state index in [1.807, 2.05) is 13.4 Å². The summed E-state index contributed by atoms with van der Waals surface area (Å²) in [6.45, 7) is 2.08. The predicted octanol–water partition coefficient (Wildman–Crippen LogP) is -0.851. The van der Waals surface area contributed by atoms with Crippen molar-refractivity contribution < 1.29 is 0 Å². The van der Waals surface area contributed by atoms with Gasteiger partial charge in [0.25, 0.3) is 0 Å². The Labute approximate surface area is 65.9 Å². The van der Waals surface area contributed by atoms with E-state index in [0.717, 1.165) is 13.1 Å². The van der Waals surface area contributed by atoms with Crippen molar-refractivity contribution in [2.45, 2.75) is 0 Å². The largest absolute Gasteiger partial charge is 0.377 e. The molecule has 1 aliphatic heterocycles. The maximum Gasteiger partial charge on any atom is 0.160 e. The van der Waals surface area contributed by atoms with Gasteiger partial charge in [-0.1, -0.05) is 0 Å². The predicted molar refractivity (Wildman–Crippen MR) is 47.0 cm³/mol. The van der Waals surface area contributed by atoms with Crippen molar-refractivity contribution in [2.24, 2.45) is 16.5 Å². The average molecular weight is 160 g/mol. The molecule has 0 aliphatic carbocycles. The molecular formula is C5H12N4S. The molecule has 0 unspecified atom stereocenters. The number of likely N-dealkylation sites (N-methyl/N-ethyl adjacent to an activating group) is 1. The molecule has 0 saturated carbocycles. The lowest BCUT2D eigenvalue weighted by Gasteiger charge is -1.99. The van der Waals surface area contributed by atoms with Crippen LogP contribution in [0.5, 0.6) is 0 Å². The summed E-state index contributed by atoms with van der Waals surface area (Å²) in [5.74, 6) is 0. The molecule has 5 heteroatoms. The molecule has 1 rings (SSSR count). The number of thiocarbonyl (C=S) groups is 1. The first-order valence-corrected chi connectivity index (χ1v) is 3.29. The smallest absolute Gasteiger partial charge is 0.160 e. The first-order valence-electron chi connectivity index (χ1n) is 2.88. The van der Waals surface area contributed by atoms with Crippen molar-refractivity contribution in [3.8, 4) is 0 Å². The molecule has 58 valence electrons. The Kier molecular flexibility index (Phi) is 4.57. The molecule has 4 nitrogen and oxygen atoms in total. The molecule has 0 amide bonds. The molecule has 1 aliphatic rings. The van der Waals surface area contributed by atoms with Gasteiger partial charge in [-0.05, 0) is 12.2 Å². The SMILES string of the molecule is CN1C=NCC1.NC(N)=S. The zero-order chi connectivity index (χ0) is 7.98. The van der Waals surface area contributed by atoms with Gasteiger partial charge in [-0.25, -0.2) is 0 Å². The summed E-state index contributed by atoms with van der Waals surface area (Å²) in [5, 5.41) is 0.000000000000000222. The second kappa shape index (κ2) is 4.99. The van der Waals surface area contributed by atoms with Gasteiger partial charge in [-0.2, -0.15) is 0 Å². The highest BCUT2D eigenvalue weighted by Gasteiger charge is 1.94. The molecule has 0 aromatic carbocycles. The molecule has 1 heterocycles. The zero-order valence-electron chi connectivity index (χ0n) is 5.95. The van der Waals surface area contributed by atoms with E-state index in [4.69, 9.17) is 0 Å². The highest BCUT2D eigenvalue weighted by atomic mass is 32.1. The molecule has 0 aromatic rings. The van der Waals surface area contributed by atoms with Crippen LogP contribution in [-0.4, -0.2) is 36.5 Å². The summed E-state index contributed by atoms with van der Waals surface area (Å²) in [5.41, 5.74) is 9.24. The van der Waals surface area contributed by atoms with Gasteiger partial charge in [0.15, 0.2) is 5.11 Å². The standard InChI is InChI=1S/C4H8N2.CH4N2S/c1-6-3-2-5-4-6;2-1(3)4/h4H,2-3H2,1H3;(H4,2,3,4). The third-order valence-electron chi connectivity index (χ3n) is 0.861. The van der Waals surface area contributed by atoms with E-state index in [2.05, 4.69) is 33.6 Å². The number of nitrogens with zero attached hydrogens (tertiary/aromatic N) is 2. The number of aliphatic imine (C=N–C) groups is 1. The maximum atomic E-state index is 4.62. The highest BCUT2D eigenvalue weighted by Crippen LogP contribution is 1.84. The third-order valence-corrected chi connectivity index (χ3v) is 0.861. The lowest BCUT2D eigenvalue weighted by molar-refractivity contribution is 0.568. The second-order valence-corrected chi connectivity index (χ2v) is 2.38. The highest BCUT2D eigenvalue weighted by molar-refractivity contribution is 7.80. The van der Waals surface area contributed by atoms with Gasteiger partial charge < -0.3 is 16.4 Å². The number of hydrogen-bond acceptors (Lipinski definition) is 3. The van der Waals surface area contributed by atoms with Gasteiger partial charge >= 0.3 is 0 Å². The summed E-state index contributed by atoms with van der Waals surface area (Å²) in [6.07, 6.45) is 1.86. The van der Waals surface area contributed by atoms with Gasteiger partial charge in [0.05, 0.1) is 12.9 Å². The van der Waals surface area contributed by atoms with Gasteiger partial charge in [-0.3, -0.25) is 4.99 Å². The average Bonchev–Trinajstić information content (AvgIpc) is 2.15. The van der Waals surface area contributed by atoms with Crippen LogP contribution in [-0.2, 0) is 0 Å². The van der Waals surface area contributed by atoms with E-state index in [9.17, 15) is 0 Å². The summed E-state index contributed by atoms with van der Waals surface area (Å²) in [7, 11) is 2.02.